The summed E-state index contributed by atoms with van der Waals surface area (Å²) >= 11 is 0. The Kier molecular flexibility index (Phi) is 5.17. The van der Waals surface area contributed by atoms with Gasteiger partial charge < -0.3 is 10.2 Å². The van der Waals surface area contributed by atoms with Crippen molar-refractivity contribution in [2.45, 2.75) is 12.8 Å². The Bertz CT molecular complexity index is 1360. The van der Waals surface area contributed by atoms with E-state index in [1.807, 2.05) is 4.90 Å². The van der Waals surface area contributed by atoms with Crippen LogP contribution < -0.4 is 10.2 Å². The first-order chi connectivity index (χ1) is 16.0. The minimum absolute atomic E-state index is 0.0813. The van der Waals surface area contributed by atoms with Gasteiger partial charge in [0, 0.05) is 30.4 Å². The molecule has 1 aliphatic rings. The van der Waals surface area contributed by atoms with Crippen molar-refractivity contribution >= 4 is 34.0 Å². The summed E-state index contributed by atoms with van der Waals surface area (Å²) in [7, 11) is 0. The summed E-state index contributed by atoms with van der Waals surface area (Å²) in [4.78, 5) is 27.3. The van der Waals surface area contributed by atoms with Crippen molar-refractivity contribution in [2.24, 2.45) is 0 Å². The number of benzene rings is 3. The standard InChI is InChI=1S/C23H19FN6O3/c24-16-4-7-18(8-5-16)29-26-19-9-6-17(14-20(19)27-29)25-23(31)15-3-10-21(22(13-15)30(32)33)28-11-1-2-12-28/h3-10,13-14H,1-2,11-12H2,(H,25,31). The second kappa shape index (κ2) is 8.30. The van der Waals surface area contributed by atoms with Gasteiger partial charge in [-0.2, -0.15) is 4.80 Å². The number of carbonyl (C=O) groups excluding carboxylic acids is 1. The molecule has 1 aliphatic heterocycles. The first-order valence-electron chi connectivity index (χ1n) is 10.5. The molecule has 1 saturated heterocycles. The summed E-state index contributed by atoms with van der Waals surface area (Å²) in [5.74, 6) is -0.814. The number of carbonyl (C=O) groups is 1. The van der Waals surface area contributed by atoms with E-state index in [-0.39, 0.29) is 17.1 Å². The van der Waals surface area contributed by atoms with Crippen LogP contribution in [0.2, 0.25) is 0 Å². The van der Waals surface area contributed by atoms with Crippen LogP contribution in [-0.2, 0) is 0 Å². The Morgan fingerprint density at radius 2 is 1.70 bits per heavy atom. The maximum Gasteiger partial charge on any atom is 0.293 e. The van der Waals surface area contributed by atoms with E-state index in [4.69, 9.17) is 0 Å². The van der Waals surface area contributed by atoms with Crippen molar-refractivity contribution in [3.63, 3.8) is 0 Å². The van der Waals surface area contributed by atoms with Gasteiger partial charge in [0.25, 0.3) is 11.6 Å². The van der Waals surface area contributed by atoms with Crippen molar-refractivity contribution in [1.29, 1.82) is 0 Å². The van der Waals surface area contributed by atoms with Crippen LogP contribution in [-0.4, -0.2) is 38.9 Å². The molecule has 1 amide bonds. The average molecular weight is 446 g/mol. The second-order valence-corrected chi connectivity index (χ2v) is 7.78. The van der Waals surface area contributed by atoms with E-state index in [0.717, 1.165) is 25.9 Å². The van der Waals surface area contributed by atoms with Gasteiger partial charge in [0.15, 0.2) is 0 Å². The van der Waals surface area contributed by atoms with Gasteiger partial charge in [-0.1, -0.05) is 0 Å². The quantitative estimate of drug-likeness (QED) is 0.361. The molecule has 0 saturated carbocycles. The van der Waals surface area contributed by atoms with Crippen molar-refractivity contribution < 1.29 is 14.1 Å². The number of halogens is 1. The van der Waals surface area contributed by atoms with Crippen molar-refractivity contribution in [3.8, 4) is 5.69 Å². The first kappa shape index (κ1) is 20.6. The normalized spacial score (nSPS) is 13.4. The van der Waals surface area contributed by atoms with Crippen molar-refractivity contribution in [2.75, 3.05) is 23.3 Å². The van der Waals surface area contributed by atoms with Crippen molar-refractivity contribution in [3.05, 3.63) is 82.2 Å². The third kappa shape index (κ3) is 4.10. The number of rotatable bonds is 5. The topological polar surface area (TPSA) is 106 Å². The molecule has 1 fully saturated rings. The summed E-state index contributed by atoms with van der Waals surface area (Å²) in [5, 5.41) is 23.1. The van der Waals surface area contributed by atoms with Gasteiger partial charge in [-0.3, -0.25) is 14.9 Å². The molecule has 33 heavy (non-hydrogen) atoms. The Morgan fingerprint density at radius 3 is 2.42 bits per heavy atom. The lowest BCUT2D eigenvalue weighted by Gasteiger charge is -2.17. The van der Waals surface area contributed by atoms with Gasteiger partial charge in [-0.15, -0.1) is 10.2 Å². The Labute approximate surface area is 187 Å². The van der Waals surface area contributed by atoms with E-state index < -0.39 is 10.8 Å². The molecule has 10 heteroatoms. The number of nitro groups is 1. The van der Waals surface area contributed by atoms with Crippen LogP contribution in [0.3, 0.4) is 0 Å². The maximum atomic E-state index is 13.2. The Balaban J connectivity index is 1.39. The van der Waals surface area contributed by atoms with Crippen LogP contribution in [0.15, 0.2) is 60.7 Å². The monoisotopic (exact) mass is 446 g/mol. The van der Waals surface area contributed by atoms with Crippen LogP contribution in [0.25, 0.3) is 16.7 Å². The molecular formula is C23H19FN6O3. The molecule has 9 nitrogen and oxygen atoms in total. The smallest absolute Gasteiger partial charge is 0.293 e. The molecule has 0 atom stereocenters. The lowest BCUT2D eigenvalue weighted by Crippen LogP contribution is -2.19. The van der Waals surface area contributed by atoms with E-state index >= 15 is 0 Å². The Morgan fingerprint density at radius 1 is 0.970 bits per heavy atom. The van der Waals surface area contributed by atoms with Crippen LogP contribution in [0, 0.1) is 15.9 Å². The second-order valence-electron chi connectivity index (χ2n) is 7.78. The Hall–Kier alpha value is -4.34. The van der Waals surface area contributed by atoms with Gasteiger partial charge >= 0.3 is 0 Å². The highest BCUT2D eigenvalue weighted by atomic mass is 19.1. The molecule has 4 aromatic rings. The largest absolute Gasteiger partial charge is 0.366 e. The van der Waals surface area contributed by atoms with Crippen LogP contribution in [0.5, 0.6) is 0 Å². The summed E-state index contributed by atoms with van der Waals surface area (Å²) < 4.78 is 13.2. The number of hydrogen-bond acceptors (Lipinski definition) is 6. The van der Waals surface area contributed by atoms with E-state index in [9.17, 15) is 19.3 Å². The van der Waals surface area contributed by atoms with E-state index in [2.05, 4.69) is 15.5 Å². The maximum absolute atomic E-state index is 13.2. The highest BCUT2D eigenvalue weighted by Gasteiger charge is 2.24. The van der Waals surface area contributed by atoms with Gasteiger partial charge in [-0.05, 0) is 67.4 Å². The van der Waals surface area contributed by atoms with Gasteiger partial charge in [-0.25, -0.2) is 4.39 Å². The number of fused-ring (bicyclic) bond motifs is 1. The van der Waals surface area contributed by atoms with E-state index in [1.54, 1.807) is 42.5 Å². The molecule has 0 unspecified atom stereocenters. The van der Waals surface area contributed by atoms with Crippen LogP contribution in [0.1, 0.15) is 23.2 Å². The fourth-order valence-corrected chi connectivity index (χ4v) is 3.92. The third-order valence-corrected chi connectivity index (χ3v) is 5.58. The van der Waals surface area contributed by atoms with Gasteiger partial charge in [0.2, 0.25) is 0 Å². The van der Waals surface area contributed by atoms with E-state index in [1.165, 1.54) is 23.0 Å². The zero-order valence-corrected chi connectivity index (χ0v) is 17.4. The summed E-state index contributed by atoms with van der Waals surface area (Å²) in [5.41, 5.74) is 2.86. The lowest BCUT2D eigenvalue weighted by atomic mass is 10.1. The van der Waals surface area contributed by atoms with Gasteiger partial charge in [0.05, 0.1) is 10.6 Å². The van der Waals surface area contributed by atoms with Gasteiger partial charge in [0.1, 0.15) is 22.5 Å². The number of amides is 1. The fraction of sp³-hybridized carbons (Fsp3) is 0.174. The lowest BCUT2D eigenvalue weighted by molar-refractivity contribution is -0.384. The molecule has 0 radical (unpaired) electrons. The molecular weight excluding hydrogens is 427 g/mol. The highest BCUT2D eigenvalue weighted by molar-refractivity contribution is 6.05. The predicted octanol–water partition coefficient (Wildman–Crippen LogP) is 4.32. The first-order valence-corrected chi connectivity index (χ1v) is 10.5. The highest BCUT2D eigenvalue weighted by Crippen LogP contribution is 2.32. The van der Waals surface area contributed by atoms with Crippen molar-refractivity contribution in [1.82, 2.24) is 15.0 Å². The molecule has 3 aromatic carbocycles. The number of nitrogens with zero attached hydrogens (tertiary/aromatic N) is 5. The molecule has 0 bridgehead atoms. The summed E-state index contributed by atoms with van der Waals surface area (Å²) in [6.07, 6.45) is 1.99. The fourth-order valence-electron chi connectivity index (χ4n) is 3.92. The molecule has 1 aromatic heterocycles. The van der Waals surface area contributed by atoms with E-state index in [0.29, 0.717) is 28.1 Å². The summed E-state index contributed by atoms with van der Waals surface area (Å²) in [6, 6.07) is 15.4. The molecule has 1 N–H and O–H groups in total. The predicted molar refractivity (Wildman–Crippen MR) is 121 cm³/mol. The number of nitro benzene ring substituents is 1. The SMILES string of the molecule is O=C(Nc1ccc2nn(-c3ccc(F)cc3)nc2c1)c1ccc(N2CCCC2)c([N+](=O)[O-])c1. The van der Waals surface area contributed by atoms with Crippen LogP contribution in [0.4, 0.5) is 21.5 Å². The molecule has 5 rings (SSSR count). The zero-order chi connectivity index (χ0) is 22.9. The number of nitrogens with one attached hydrogen (secondary N) is 1. The van der Waals surface area contributed by atoms with Crippen LogP contribution >= 0.6 is 0 Å². The number of anilines is 2. The minimum Gasteiger partial charge on any atom is -0.366 e. The number of aromatic nitrogens is 3. The zero-order valence-electron chi connectivity index (χ0n) is 17.4. The molecule has 0 aliphatic carbocycles. The average Bonchev–Trinajstić information content (AvgIpc) is 3.49. The third-order valence-electron chi connectivity index (χ3n) is 5.58. The minimum atomic E-state index is -0.462. The summed E-state index contributed by atoms with van der Waals surface area (Å²) in [6.45, 7) is 1.54. The molecule has 0 spiro atoms. The molecule has 166 valence electrons. The number of hydrogen-bond donors (Lipinski definition) is 1. The molecule has 2 heterocycles.